The summed E-state index contributed by atoms with van der Waals surface area (Å²) in [6, 6.07) is 8.28. The van der Waals surface area contributed by atoms with Crippen LogP contribution in [0.15, 0.2) is 36.4 Å². The summed E-state index contributed by atoms with van der Waals surface area (Å²) in [5, 5.41) is 7.01. The van der Waals surface area contributed by atoms with Crippen molar-refractivity contribution in [3.05, 3.63) is 58.7 Å². The molecule has 0 aromatic heterocycles. The summed E-state index contributed by atoms with van der Waals surface area (Å²) >= 11 is 0. The molecule has 166 valence electrons. The van der Waals surface area contributed by atoms with Gasteiger partial charge in [0, 0.05) is 17.7 Å². The van der Waals surface area contributed by atoms with E-state index in [0.717, 1.165) is 5.56 Å². The lowest BCUT2D eigenvalue weighted by atomic mass is 10.1. The molecule has 10 nitrogen and oxygen atoms in total. The highest BCUT2D eigenvalue weighted by atomic mass is 16.5. The van der Waals surface area contributed by atoms with Gasteiger partial charge in [0.1, 0.15) is 11.8 Å². The molecule has 33 heavy (non-hydrogen) atoms. The lowest BCUT2D eigenvalue weighted by Crippen LogP contribution is -2.46. The number of anilines is 1. The number of methoxy groups -OCH3 is 1. The molecule has 0 fully saturated rings. The second-order valence-electron chi connectivity index (χ2n) is 7.31. The number of ether oxygens (including phenoxy) is 1. The van der Waals surface area contributed by atoms with Gasteiger partial charge in [0.2, 0.25) is 6.41 Å². The normalized spacial score (nSPS) is 14.5. The number of urea groups is 1. The van der Waals surface area contributed by atoms with E-state index in [4.69, 9.17) is 4.74 Å². The van der Waals surface area contributed by atoms with E-state index in [1.165, 1.54) is 18.1 Å². The van der Waals surface area contributed by atoms with Crippen LogP contribution in [0, 0.1) is 11.8 Å². The van der Waals surface area contributed by atoms with Crippen molar-refractivity contribution in [2.75, 3.05) is 19.0 Å². The highest BCUT2D eigenvalue weighted by molar-refractivity contribution is 6.51. The van der Waals surface area contributed by atoms with Crippen molar-refractivity contribution in [3.63, 3.8) is 0 Å². The lowest BCUT2D eigenvalue weighted by Gasteiger charge is -2.21. The first-order valence-electron chi connectivity index (χ1n) is 9.87. The summed E-state index contributed by atoms with van der Waals surface area (Å²) in [7, 11) is 1.51. The van der Waals surface area contributed by atoms with Crippen molar-refractivity contribution in [3.8, 4) is 17.6 Å². The van der Waals surface area contributed by atoms with Crippen LogP contribution in [0.3, 0.4) is 0 Å². The molecule has 10 heteroatoms. The Labute approximate surface area is 188 Å². The van der Waals surface area contributed by atoms with Crippen LogP contribution in [0.4, 0.5) is 10.5 Å². The highest BCUT2D eigenvalue weighted by Crippen LogP contribution is 2.27. The zero-order chi connectivity index (χ0) is 23.5. The number of nitrogens with one attached hydrogen (secondary N) is 3. The zero-order valence-corrected chi connectivity index (χ0v) is 17.4. The van der Waals surface area contributed by atoms with Crippen LogP contribution in [0.1, 0.15) is 31.8 Å². The van der Waals surface area contributed by atoms with Crippen LogP contribution in [0.2, 0.25) is 0 Å². The number of hydrogen-bond donors (Lipinski definition) is 3. The van der Waals surface area contributed by atoms with Gasteiger partial charge in [0.25, 0.3) is 17.6 Å². The minimum absolute atomic E-state index is 0.0648. The molecule has 2 heterocycles. The van der Waals surface area contributed by atoms with Gasteiger partial charge in [-0.1, -0.05) is 17.9 Å². The maximum Gasteiger partial charge on any atom is 0.322 e. The van der Waals surface area contributed by atoms with E-state index in [1.807, 2.05) is 5.32 Å². The molecule has 0 saturated carbocycles. The number of imide groups is 1. The van der Waals surface area contributed by atoms with Gasteiger partial charge in [-0.25, -0.2) is 4.79 Å². The van der Waals surface area contributed by atoms with Crippen LogP contribution >= 0.6 is 0 Å². The van der Waals surface area contributed by atoms with Crippen molar-refractivity contribution in [2.45, 2.75) is 12.6 Å². The van der Waals surface area contributed by atoms with Gasteiger partial charge in [-0.2, -0.15) is 0 Å². The van der Waals surface area contributed by atoms with Gasteiger partial charge in [-0.05, 0) is 35.9 Å². The average molecular weight is 446 g/mol. The van der Waals surface area contributed by atoms with E-state index in [1.54, 1.807) is 30.3 Å². The van der Waals surface area contributed by atoms with E-state index < -0.39 is 23.8 Å². The second-order valence-corrected chi connectivity index (χ2v) is 7.31. The summed E-state index contributed by atoms with van der Waals surface area (Å²) in [5.41, 5.74) is 2.45. The average Bonchev–Trinajstić information content (AvgIpc) is 3.26. The topological polar surface area (TPSA) is 134 Å². The Kier molecular flexibility index (Phi) is 5.78. The Balaban J connectivity index is 1.55. The first-order chi connectivity index (χ1) is 15.9. The molecule has 0 radical (unpaired) electrons. The highest BCUT2D eigenvalue weighted by Gasteiger charge is 2.30. The van der Waals surface area contributed by atoms with Crippen LogP contribution in [-0.2, 0) is 16.1 Å². The van der Waals surface area contributed by atoms with E-state index in [2.05, 4.69) is 22.5 Å². The van der Waals surface area contributed by atoms with Gasteiger partial charge < -0.3 is 20.3 Å². The van der Waals surface area contributed by atoms with E-state index in [-0.39, 0.29) is 24.4 Å². The van der Waals surface area contributed by atoms with Crippen molar-refractivity contribution in [2.24, 2.45) is 0 Å². The third kappa shape index (κ3) is 4.38. The molecule has 2 aliphatic rings. The summed E-state index contributed by atoms with van der Waals surface area (Å²) in [4.78, 5) is 60.2. The monoisotopic (exact) mass is 446 g/mol. The Morgan fingerprint density at radius 1 is 1.21 bits per heavy atom. The molecule has 0 spiro atoms. The fourth-order valence-corrected chi connectivity index (χ4v) is 3.61. The number of ketones is 1. The van der Waals surface area contributed by atoms with Crippen molar-refractivity contribution in [1.29, 1.82) is 0 Å². The molecule has 0 aliphatic carbocycles. The van der Waals surface area contributed by atoms with Gasteiger partial charge in [-0.15, -0.1) is 0 Å². The number of fused-ring (bicyclic) bond motifs is 2. The number of carbonyl (C=O) groups excluding carboxylic acids is 5. The minimum Gasteiger partial charge on any atom is -0.497 e. The molecule has 2 aromatic carbocycles. The van der Waals surface area contributed by atoms with Crippen molar-refractivity contribution < 1.29 is 28.7 Å². The second kappa shape index (κ2) is 8.84. The Morgan fingerprint density at radius 2 is 2.03 bits per heavy atom. The molecular formula is C23H18N4O6. The Hall–Kier alpha value is -4.65. The molecule has 0 unspecified atom stereocenters. The van der Waals surface area contributed by atoms with Gasteiger partial charge >= 0.3 is 6.03 Å². The number of amides is 5. The lowest BCUT2D eigenvalue weighted by molar-refractivity contribution is -0.112. The summed E-state index contributed by atoms with van der Waals surface area (Å²) in [6.07, 6.45) is 0.239. The van der Waals surface area contributed by atoms with E-state index in [0.29, 0.717) is 29.1 Å². The van der Waals surface area contributed by atoms with E-state index in [9.17, 15) is 24.0 Å². The predicted octanol–water partition coefficient (Wildman–Crippen LogP) is 0.662. The molecule has 2 aliphatic heterocycles. The van der Waals surface area contributed by atoms with Crippen molar-refractivity contribution >= 4 is 35.7 Å². The third-order valence-electron chi connectivity index (χ3n) is 5.20. The van der Waals surface area contributed by atoms with Crippen LogP contribution in [0.5, 0.6) is 5.75 Å². The molecule has 3 N–H and O–H groups in total. The summed E-state index contributed by atoms with van der Waals surface area (Å²) < 4.78 is 5.18. The smallest absolute Gasteiger partial charge is 0.322 e. The fraction of sp³-hybridized carbons (Fsp3) is 0.174. The van der Waals surface area contributed by atoms with Crippen LogP contribution < -0.4 is 20.7 Å². The standard InChI is InChI=1S/C23H18N4O6/c1-33-16-6-4-14-10-27(22(31)18(14)9-16)11-15(25-23(32)24-12-28)5-2-13-3-7-17-19(8-13)26-21(30)20(17)29/h3-4,6-9,12,15H,10-11H2,1H3,(H,26,29,30)(H2,24,25,28,32)/t15-/m1/s1. The number of hydrogen-bond acceptors (Lipinski definition) is 6. The number of carbonyl (C=O) groups is 5. The SMILES string of the molecule is COc1ccc2c(c1)C(=O)N(C[C@@H](C#Cc1ccc3c(c1)NC(=O)C3=O)NC(=O)NC=O)C2. The fourth-order valence-electron chi connectivity index (χ4n) is 3.61. The van der Waals surface area contributed by atoms with E-state index >= 15 is 0 Å². The van der Waals surface area contributed by atoms with Gasteiger partial charge in [0.05, 0.1) is 24.9 Å². The third-order valence-corrected chi connectivity index (χ3v) is 5.20. The number of Topliss-reactive ketones (excluding diaryl/α,β-unsaturated/α-hetero) is 1. The first-order valence-corrected chi connectivity index (χ1v) is 9.87. The number of benzene rings is 2. The van der Waals surface area contributed by atoms with Crippen LogP contribution in [0.25, 0.3) is 0 Å². The van der Waals surface area contributed by atoms with Gasteiger partial charge in [-0.3, -0.25) is 24.5 Å². The molecular weight excluding hydrogens is 428 g/mol. The molecule has 4 rings (SSSR count). The zero-order valence-electron chi connectivity index (χ0n) is 17.4. The molecule has 0 bridgehead atoms. The predicted molar refractivity (Wildman–Crippen MR) is 116 cm³/mol. The Bertz CT molecular complexity index is 1260. The maximum atomic E-state index is 12.8. The first kappa shape index (κ1) is 21.6. The van der Waals surface area contributed by atoms with Crippen LogP contribution in [-0.4, -0.2) is 54.6 Å². The summed E-state index contributed by atoms with van der Waals surface area (Å²) in [5.74, 6) is 4.77. The Morgan fingerprint density at radius 3 is 2.79 bits per heavy atom. The molecule has 5 amide bonds. The number of nitrogens with zero attached hydrogens (tertiary/aromatic N) is 1. The largest absolute Gasteiger partial charge is 0.497 e. The minimum atomic E-state index is -0.811. The molecule has 0 saturated heterocycles. The maximum absolute atomic E-state index is 12.8. The quantitative estimate of drug-likeness (QED) is 0.351. The molecule has 2 aromatic rings. The van der Waals surface area contributed by atoms with Crippen molar-refractivity contribution in [1.82, 2.24) is 15.5 Å². The molecule has 1 atom stereocenters. The van der Waals surface area contributed by atoms with Gasteiger partial charge in [0.15, 0.2) is 0 Å². The number of rotatable bonds is 5. The summed E-state index contributed by atoms with van der Waals surface area (Å²) in [6.45, 7) is 0.398.